The second kappa shape index (κ2) is 8.54. The minimum absolute atomic E-state index is 0.217. The van der Waals surface area contributed by atoms with Gasteiger partial charge >= 0.3 is 0 Å². The lowest BCUT2D eigenvalue weighted by molar-refractivity contribution is -0.363. The van der Waals surface area contributed by atoms with Crippen LogP contribution in [0.1, 0.15) is 7.79 Å². The molecule has 0 aromatic rings. The van der Waals surface area contributed by atoms with Gasteiger partial charge in [-0.15, -0.1) is 6.58 Å². The van der Waals surface area contributed by atoms with Crippen LogP contribution in [0.3, 0.4) is 0 Å². The molecular weight excluding hydrogens is 354 g/mol. The summed E-state index contributed by atoms with van der Waals surface area (Å²) in [6, 6.07) is -1.68. The zero-order chi connectivity index (χ0) is 20.5. The molecule has 0 bridgehead atoms. The van der Waals surface area contributed by atoms with E-state index in [9.17, 15) is 35.7 Å². The van der Waals surface area contributed by atoms with Gasteiger partial charge in [0.2, 0.25) is 0 Å². The van der Waals surface area contributed by atoms with Crippen LogP contribution in [0.4, 0.5) is 0 Å². The summed E-state index contributed by atoms with van der Waals surface area (Å²) in [4.78, 5) is 0. The van der Waals surface area contributed by atoms with Gasteiger partial charge in [-0.3, -0.25) is 0 Å². The molecular formula is C15H27NO10. The zero-order valence-electron chi connectivity index (χ0n) is 15.0. The highest BCUT2D eigenvalue weighted by Crippen LogP contribution is 2.33. The standard InChI is InChI=1S/C15H27NO10/c1-2-3-15(23)13(16)11(22)12(7(5-18)26-15)25-14-10(21)9(20)8(19)6(4-17)24-14/h2,6-14,17-23H,1,3-5,16H2/t6-,7-,8+,9+,10-,11+,12-,13-,14+,15?/m1/s1/i2D. The average molecular weight is 382 g/mol. The van der Waals surface area contributed by atoms with E-state index >= 15 is 0 Å². The quantitative estimate of drug-likeness (QED) is 0.206. The SMILES string of the molecule is [2H]C(=C)CC1(O)O[C@H](CO)[C@@H](O[C@@H]2O[C@H](CO)[C@H](O)[C@H](O)[C@H]2O)[C@H](O)[C@H]1N. The normalized spacial score (nSPS) is 50.3. The van der Waals surface area contributed by atoms with Crippen LogP contribution in [-0.2, 0) is 14.2 Å². The maximum absolute atomic E-state index is 10.5. The van der Waals surface area contributed by atoms with Crippen molar-refractivity contribution in [2.45, 2.75) is 67.3 Å². The zero-order valence-corrected chi connectivity index (χ0v) is 14.0. The van der Waals surface area contributed by atoms with Crippen molar-refractivity contribution in [2.75, 3.05) is 13.2 Å². The molecule has 0 amide bonds. The summed E-state index contributed by atoms with van der Waals surface area (Å²) >= 11 is 0. The summed E-state index contributed by atoms with van der Waals surface area (Å²) in [7, 11) is 0. The Morgan fingerprint density at radius 1 is 1.08 bits per heavy atom. The second-order valence-electron chi connectivity index (χ2n) is 6.42. The van der Waals surface area contributed by atoms with Gasteiger partial charge in [-0.05, 0) is 0 Å². The lowest BCUT2D eigenvalue weighted by Gasteiger charge is -2.49. The van der Waals surface area contributed by atoms with Crippen molar-refractivity contribution in [1.82, 2.24) is 0 Å². The van der Waals surface area contributed by atoms with Crippen LogP contribution in [0.2, 0.25) is 0 Å². The molecule has 0 saturated carbocycles. The summed E-state index contributed by atoms with van der Waals surface area (Å²) in [5.74, 6) is -2.18. The first-order valence-corrected chi connectivity index (χ1v) is 8.10. The first-order chi connectivity index (χ1) is 12.6. The molecule has 11 heteroatoms. The first kappa shape index (κ1) is 20.0. The fourth-order valence-corrected chi connectivity index (χ4v) is 3.08. The van der Waals surface area contributed by atoms with Crippen molar-refractivity contribution in [3.63, 3.8) is 0 Å². The van der Waals surface area contributed by atoms with E-state index in [0.29, 0.717) is 0 Å². The third-order valence-electron chi connectivity index (χ3n) is 4.65. The largest absolute Gasteiger partial charge is 0.394 e. The molecule has 0 radical (unpaired) electrons. The van der Waals surface area contributed by atoms with Crippen LogP contribution in [0.5, 0.6) is 0 Å². The van der Waals surface area contributed by atoms with E-state index in [-0.39, 0.29) is 6.05 Å². The second-order valence-corrected chi connectivity index (χ2v) is 6.42. The number of rotatable bonds is 6. The summed E-state index contributed by atoms with van der Waals surface area (Å²) in [6.07, 6.45) is -12.6. The fraction of sp³-hybridized carbons (Fsp3) is 0.867. The lowest BCUT2D eigenvalue weighted by Crippen LogP contribution is -2.70. The van der Waals surface area contributed by atoms with Crippen LogP contribution in [0.15, 0.2) is 12.6 Å². The van der Waals surface area contributed by atoms with Crippen LogP contribution in [0, 0.1) is 0 Å². The van der Waals surface area contributed by atoms with Gasteiger partial charge in [0.05, 0.1) is 20.6 Å². The predicted molar refractivity (Wildman–Crippen MR) is 84.3 cm³/mol. The molecule has 2 saturated heterocycles. The first-order valence-electron chi connectivity index (χ1n) is 8.60. The van der Waals surface area contributed by atoms with E-state index in [2.05, 4.69) is 6.58 Å². The van der Waals surface area contributed by atoms with Gasteiger partial charge in [0, 0.05) is 6.42 Å². The molecule has 9 N–H and O–H groups in total. The van der Waals surface area contributed by atoms with Gasteiger partial charge in [0.15, 0.2) is 12.1 Å². The van der Waals surface area contributed by atoms with E-state index in [0.717, 1.165) is 0 Å². The molecule has 0 spiro atoms. The molecule has 2 aliphatic rings. The number of nitrogens with two attached hydrogens (primary N) is 1. The third-order valence-corrected chi connectivity index (χ3v) is 4.65. The molecule has 0 aromatic heterocycles. The molecule has 2 heterocycles. The Balaban J connectivity index is 2.18. The maximum Gasteiger partial charge on any atom is 0.187 e. The van der Waals surface area contributed by atoms with Gasteiger partial charge in [0.1, 0.15) is 42.7 Å². The van der Waals surface area contributed by atoms with E-state index in [1.807, 2.05) is 0 Å². The Morgan fingerprint density at radius 3 is 2.23 bits per heavy atom. The molecule has 0 aromatic carbocycles. The number of ether oxygens (including phenoxy) is 3. The fourth-order valence-electron chi connectivity index (χ4n) is 3.08. The van der Waals surface area contributed by atoms with Crippen LogP contribution < -0.4 is 5.73 Å². The molecule has 1 unspecified atom stereocenters. The summed E-state index contributed by atoms with van der Waals surface area (Å²) < 4.78 is 23.3. The Morgan fingerprint density at radius 2 is 1.69 bits per heavy atom. The van der Waals surface area contributed by atoms with Crippen LogP contribution in [-0.4, -0.2) is 110 Å². The van der Waals surface area contributed by atoms with Crippen LogP contribution in [0.25, 0.3) is 0 Å². The van der Waals surface area contributed by atoms with E-state index in [4.69, 9.17) is 21.3 Å². The van der Waals surface area contributed by atoms with Gasteiger partial charge in [0.25, 0.3) is 0 Å². The monoisotopic (exact) mass is 382 g/mol. The molecule has 26 heavy (non-hydrogen) atoms. The Hall–Kier alpha value is -0.700. The molecule has 10 atom stereocenters. The number of hydrogen-bond acceptors (Lipinski definition) is 11. The van der Waals surface area contributed by atoms with Crippen molar-refractivity contribution < 1.29 is 51.3 Å². The highest BCUT2D eigenvalue weighted by atomic mass is 16.7. The van der Waals surface area contributed by atoms with E-state index < -0.39 is 80.5 Å². The summed E-state index contributed by atoms with van der Waals surface area (Å²) in [5, 5.41) is 69.3. The molecule has 0 aliphatic carbocycles. The average Bonchev–Trinajstić information content (AvgIpc) is 2.61. The minimum Gasteiger partial charge on any atom is -0.394 e. The number of hydrogen-bond donors (Lipinski definition) is 8. The Bertz CT molecular complexity index is 523. The van der Waals surface area contributed by atoms with E-state index in [1.165, 1.54) is 0 Å². The molecule has 11 nitrogen and oxygen atoms in total. The highest BCUT2D eigenvalue weighted by Gasteiger charge is 2.54. The molecule has 2 fully saturated rings. The van der Waals surface area contributed by atoms with Gasteiger partial charge in [-0.1, -0.05) is 6.05 Å². The number of aliphatic hydroxyl groups excluding tert-OH is 6. The topological polar surface area (TPSA) is 195 Å². The summed E-state index contributed by atoms with van der Waals surface area (Å²) in [6.45, 7) is 1.93. The Kier molecular flexibility index (Phi) is 6.59. The van der Waals surface area contributed by atoms with Gasteiger partial charge < -0.3 is 55.7 Å². The van der Waals surface area contributed by atoms with Crippen molar-refractivity contribution in [1.29, 1.82) is 0 Å². The highest BCUT2D eigenvalue weighted by molar-refractivity contribution is 5.02. The lowest BCUT2D eigenvalue weighted by atomic mass is 9.88. The van der Waals surface area contributed by atoms with Crippen molar-refractivity contribution in [3.8, 4) is 0 Å². The van der Waals surface area contributed by atoms with Crippen molar-refractivity contribution in [2.24, 2.45) is 5.73 Å². The molecule has 2 rings (SSSR count). The van der Waals surface area contributed by atoms with E-state index in [1.54, 1.807) is 0 Å². The van der Waals surface area contributed by atoms with Gasteiger partial charge in [-0.25, -0.2) is 0 Å². The van der Waals surface area contributed by atoms with Gasteiger partial charge in [-0.2, -0.15) is 0 Å². The van der Waals surface area contributed by atoms with Crippen molar-refractivity contribution in [3.05, 3.63) is 12.6 Å². The minimum atomic E-state index is -2.18. The molecule has 2 aliphatic heterocycles. The smallest absolute Gasteiger partial charge is 0.187 e. The number of aliphatic hydroxyl groups is 7. The van der Waals surface area contributed by atoms with Crippen LogP contribution >= 0.6 is 0 Å². The molecule has 152 valence electrons. The van der Waals surface area contributed by atoms with Crippen molar-refractivity contribution >= 4 is 0 Å². The maximum atomic E-state index is 10.5. The third kappa shape index (κ3) is 3.93. The Labute approximate surface area is 151 Å². The predicted octanol–water partition coefficient (Wildman–Crippen LogP) is -4.48. The summed E-state index contributed by atoms with van der Waals surface area (Å²) in [5.41, 5.74) is 5.81.